The van der Waals surface area contributed by atoms with Crippen molar-refractivity contribution in [3.05, 3.63) is 132 Å². The number of alkyl halides is 2. The van der Waals surface area contributed by atoms with Gasteiger partial charge in [0, 0.05) is 26.5 Å². The second-order valence-corrected chi connectivity index (χ2v) is 15.2. The van der Waals surface area contributed by atoms with Gasteiger partial charge in [0.2, 0.25) is 17.6 Å². The Labute approximate surface area is 344 Å². The minimum Gasteiger partial charge on any atom is -0.345 e. The standard InChI is InChI=1S/C44H54F2N8O5/c1-29(2)37(51-42(58)53(5)27-33-21-13-15-23-47-33)40(56)49-35(25-31-17-9-7-10-18-31)39(55)44(45,46)36(26-32-19-11-8-12-20-32)50-41(57)38(30(3)4)52-43(59)54(6)28-34-22-14-16-24-48-34/h7-24,29-30,35-38H,25-28H2,1-6H3,(H,49,56)(H,50,57)(H,51,58)(H,52,59)/t35-,36-,37-,38-/m0/s1. The van der Waals surface area contributed by atoms with Gasteiger partial charge in [-0.05, 0) is 60.1 Å². The topological polar surface area (TPSA) is 166 Å². The molecular formula is C44H54F2N8O5. The van der Waals surface area contributed by atoms with E-state index in [9.17, 15) is 24.0 Å². The van der Waals surface area contributed by atoms with Crippen LogP contribution in [0.1, 0.15) is 50.2 Å². The lowest BCUT2D eigenvalue weighted by molar-refractivity contribution is -0.153. The summed E-state index contributed by atoms with van der Waals surface area (Å²) >= 11 is 0. The second-order valence-electron chi connectivity index (χ2n) is 15.2. The first-order valence-electron chi connectivity index (χ1n) is 19.5. The third kappa shape index (κ3) is 13.4. The monoisotopic (exact) mass is 812 g/mol. The maximum atomic E-state index is 17.0. The van der Waals surface area contributed by atoms with Crippen molar-refractivity contribution < 1.29 is 32.8 Å². The first kappa shape index (κ1) is 45.5. The first-order chi connectivity index (χ1) is 28.1. The molecule has 4 aromatic rings. The van der Waals surface area contributed by atoms with Crippen LogP contribution in [0.15, 0.2) is 109 Å². The summed E-state index contributed by atoms with van der Waals surface area (Å²) in [6, 6.07) is 19.5. The zero-order valence-corrected chi connectivity index (χ0v) is 34.3. The van der Waals surface area contributed by atoms with Gasteiger partial charge < -0.3 is 31.1 Å². The van der Waals surface area contributed by atoms with Gasteiger partial charge in [-0.3, -0.25) is 24.4 Å². The van der Waals surface area contributed by atoms with Gasteiger partial charge in [0.1, 0.15) is 18.1 Å². The van der Waals surface area contributed by atoms with E-state index in [1.807, 2.05) is 0 Å². The van der Waals surface area contributed by atoms with E-state index in [0.29, 0.717) is 22.5 Å². The van der Waals surface area contributed by atoms with Gasteiger partial charge in [-0.25, -0.2) is 9.59 Å². The number of hydrogen-bond acceptors (Lipinski definition) is 7. The molecule has 2 aromatic carbocycles. The fourth-order valence-corrected chi connectivity index (χ4v) is 6.28. The summed E-state index contributed by atoms with van der Waals surface area (Å²) in [5, 5.41) is 10.2. The highest BCUT2D eigenvalue weighted by molar-refractivity contribution is 5.97. The number of nitrogens with one attached hydrogen (secondary N) is 4. The normalized spacial score (nSPS) is 13.4. The van der Waals surface area contributed by atoms with E-state index in [-0.39, 0.29) is 19.5 Å². The molecule has 0 saturated carbocycles. The zero-order valence-electron chi connectivity index (χ0n) is 34.3. The fourth-order valence-electron chi connectivity index (χ4n) is 6.28. The van der Waals surface area contributed by atoms with Gasteiger partial charge in [-0.1, -0.05) is 100 Å². The van der Waals surface area contributed by atoms with Crippen LogP contribution in [0.25, 0.3) is 0 Å². The number of carbonyl (C=O) groups is 5. The summed E-state index contributed by atoms with van der Waals surface area (Å²) in [4.78, 5) is 79.7. The van der Waals surface area contributed by atoms with Gasteiger partial charge in [0.25, 0.3) is 0 Å². The zero-order chi connectivity index (χ0) is 43.1. The van der Waals surface area contributed by atoms with Crippen molar-refractivity contribution in [1.29, 1.82) is 0 Å². The number of urea groups is 2. The molecule has 6 amide bonds. The Morgan fingerprint density at radius 3 is 1.39 bits per heavy atom. The lowest BCUT2D eigenvalue weighted by Crippen LogP contribution is -2.63. The molecule has 0 saturated heterocycles. The molecule has 15 heteroatoms. The molecule has 0 unspecified atom stereocenters. The predicted octanol–water partition coefficient (Wildman–Crippen LogP) is 5.17. The Morgan fingerprint density at radius 2 is 0.983 bits per heavy atom. The van der Waals surface area contributed by atoms with E-state index in [1.165, 1.54) is 23.9 Å². The number of Topliss-reactive ketones (excluding diaryl/α,β-unsaturated/α-hetero) is 1. The molecule has 59 heavy (non-hydrogen) atoms. The molecule has 314 valence electrons. The van der Waals surface area contributed by atoms with E-state index >= 15 is 8.78 Å². The Balaban J connectivity index is 1.60. The molecule has 0 bridgehead atoms. The van der Waals surface area contributed by atoms with Gasteiger partial charge >= 0.3 is 18.0 Å². The summed E-state index contributed by atoms with van der Waals surface area (Å²) < 4.78 is 34.0. The number of nitrogens with zero attached hydrogens (tertiary/aromatic N) is 4. The number of halogens is 2. The molecule has 0 spiro atoms. The smallest absolute Gasteiger partial charge is 0.327 e. The van der Waals surface area contributed by atoms with E-state index in [0.717, 1.165) is 0 Å². The highest BCUT2D eigenvalue weighted by Crippen LogP contribution is 2.27. The molecule has 2 aromatic heterocycles. The molecule has 0 aliphatic rings. The van der Waals surface area contributed by atoms with Crippen LogP contribution in [0.3, 0.4) is 0 Å². The van der Waals surface area contributed by atoms with Crippen LogP contribution < -0.4 is 21.3 Å². The third-order valence-electron chi connectivity index (χ3n) is 9.68. The largest absolute Gasteiger partial charge is 0.345 e. The molecule has 13 nitrogen and oxygen atoms in total. The van der Waals surface area contributed by atoms with Crippen molar-refractivity contribution >= 4 is 29.7 Å². The lowest BCUT2D eigenvalue weighted by Gasteiger charge is -2.33. The van der Waals surface area contributed by atoms with Crippen LogP contribution in [-0.2, 0) is 40.3 Å². The van der Waals surface area contributed by atoms with Crippen molar-refractivity contribution in [2.75, 3.05) is 14.1 Å². The van der Waals surface area contributed by atoms with Crippen LogP contribution in [0.4, 0.5) is 18.4 Å². The minimum atomic E-state index is -4.25. The molecule has 0 aliphatic carbocycles. The number of hydrogen-bond donors (Lipinski definition) is 4. The molecule has 0 radical (unpaired) electrons. The quantitative estimate of drug-likeness (QED) is 0.102. The van der Waals surface area contributed by atoms with Crippen LogP contribution in [0, 0.1) is 11.8 Å². The highest BCUT2D eigenvalue weighted by atomic mass is 19.3. The SMILES string of the molecule is CC(C)[C@H](NC(=O)N(C)Cc1ccccn1)C(=O)N[C@@H](Cc1ccccc1)C(=O)C(F)(F)[C@H](Cc1ccccc1)NC(=O)[C@@H](NC(=O)N(C)Cc1ccccn1)C(C)C. The van der Waals surface area contributed by atoms with Gasteiger partial charge in [0.05, 0.1) is 30.5 Å². The number of pyridine rings is 2. The van der Waals surface area contributed by atoms with Crippen molar-refractivity contribution in [1.82, 2.24) is 41.0 Å². The van der Waals surface area contributed by atoms with Crippen molar-refractivity contribution in [3.63, 3.8) is 0 Å². The lowest BCUT2D eigenvalue weighted by atomic mass is 9.90. The maximum Gasteiger partial charge on any atom is 0.327 e. The molecule has 4 rings (SSSR count). The first-order valence-corrected chi connectivity index (χ1v) is 19.5. The summed E-state index contributed by atoms with van der Waals surface area (Å²) in [6.07, 6.45) is 2.41. The van der Waals surface area contributed by atoms with E-state index in [1.54, 1.807) is 137 Å². The number of carbonyl (C=O) groups excluding carboxylic acids is 5. The van der Waals surface area contributed by atoms with Crippen molar-refractivity contribution in [2.45, 2.75) is 83.7 Å². The average Bonchev–Trinajstić information content (AvgIpc) is 3.22. The van der Waals surface area contributed by atoms with E-state index in [4.69, 9.17) is 0 Å². The van der Waals surface area contributed by atoms with Crippen LogP contribution in [-0.4, -0.2) is 93.6 Å². The number of amides is 6. The third-order valence-corrected chi connectivity index (χ3v) is 9.68. The Morgan fingerprint density at radius 1 is 0.576 bits per heavy atom. The summed E-state index contributed by atoms with van der Waals surface area (Å²) in [5.74, 6) is -8.71. The van der Waals surface area contributed by atoms with Gasteiger partial charge in [-0.15, -0.1) is 0 Å². The Hall–Kier alpha value is -6.25. The predicted molar refractivity (Wildman–Crippen MR) is 220 cm³/mol. The molecule has 0 fully saturated rings. The maximum absolute atomic E-state index is 17.0. The molecule has 0 aliphatic heterocycles. The van der Waals surface area contributed by atoms with Gasteiger partial charge in [0.15, 0.2) is 0 Å². The Bertz CT molecular complexity index is 1970. The average molecular weight is 813 g/mol. The molecule has 4 atom stereocenters. The number of aromatic nitrogens is 2. The second kappa shape index (κ2) is 21.5. The minimum absolute atomic E-state index is 0.125. The van der Waals surface area contributed by atoms with E-state index < -0.39 is 78.0 Å². The van der Waals surface area contributed by atoms with Crippen LogP contribution >= 0.6 is 0 Å². The number of rotatable bonds is 19. The molecule has 4 N–H and O–H groups in total. The van der Waals surface area contributed by atoms with Crippen molar-refractivity contribution in [3.8, 4) is 0 Å². The number of ketones is 1. The van der Waals surface area contributed by atoms with Crippen LogP contribution in [0.5, 0.6) is 0 Å². The molecule has 2 heterocycles. The highest BCUT2D eigenvalue weighted by Gasteiger charge is 2.51. The summed E-state index contributed by atoms with van der Waals surface area (Å²) in [6.45, 7) is 6.93. The Kier molecular flexibility index (Phi) is 16.6. The van der Waals surface area contributed by atoms with Crippen LogP contribution in [0.2, 0.25) is 0 Å². The summed E-state index contributed by atoms with van der Waals surface area (Å²) in [7, 11) is 3.04. The molecular weight excluding hydrogens is 759 g/mol. The number of benzene rings is 2. The van der Waals surface area contributed by atoms with Gasteiger partial charge in [-0.2, -0.15) is 8.78 Å². The van der Waals surface area contributed by atoms with Crippen molar-refractivity contribution in [2.24, 2.45) is 11.8 Å². The summed E-state index contributed by atoms with van der Waals surface area (Å²) in [5.41, 5.74) is 2.11. The van der Waals surface area contributed by atoms with E-state index in [2.05, 4.69) is 31.2 Å². The fraction of sp³-hybridized carbons (Fsp3) is 0.386.